The number of sulfonamides is 1. The highest BCUT2D eigenvalue weighted by atomic mass is 32.2. The van der Waals surface area contributed by atoms with Crippen LogP contribution in [0.2, 0.25) is 0 Å². The lowest BCUT2D eigenvalue weighted by atomic mass is 10.1. The highest BCUT2D eigenvalue weighted by Gasteiger charge is 2.29. The maximum atomic E-state index is 13.1. The zero-order valence-electron chi connectivity index (χ0n) is 21.6. The Morgan fingerprint density at radius 3 is 2.37 bits per heavy atom. The predicted molar refractivity (Wildman–Crippen MR) is 140 cm³/mol. The molecule has 1 aliphatic rings. The summed E-state index contributed by atoms with van der Waals surface area (Å²) in [6.45, 7) is 5.75. The molecule has 1 saturated heterocycles. The number of carbonyl (C=O) groups is 2. The second kappa shape index (κ2) is 10.9. The van der Waals surface area contributed by atoms with Crippen LogP contribution < -0.4 is 10.9 Å². The minimum absolute atomic E-state index is 0.0290. The number of benzene rings is 2. The fraction of sp³-hybridized carbons (Fsp3) is 0.346. The van der Waals surface area contributed by atoms with Gasteiger partial charge >= 0.3 is 5.97 Å². The zero-order valence-corrected chi connectivity index (χ0v) is 22.4. The summed E-state index contributed by atoms with van der Waals surface area (Å²) < 4.78 is 41.0. The molecule has 2 heterocycles. The van der Waals surface area contributed by atoms with Crippen LogP contribution in [0.4, 0.5) is 5.69 Å². The Hall–Kier alpha value is -3.74. The van der Waals surface area contributed by atoms with Crippen molar-refractivity contribution in [1.29, 1.82) is 0 Å². The van der Waals surface area contributed by atoms with Crippen LogP contribution in [0.1, 0.15) is 28.5 Å². The smallest absolute Gasteiger partial charge is 0.339 e. The highest BCUT2D eigenvalue weighted by Crippen LogP contribution is 2.22. The van der Waals surface area contributed by atoms with Gasteiger partial charge in [0.05, 0.1) is 35.1 Å². The van der Waals surface area contributed by atoms with Crippen molar-refractivity contribution in [3.63, 3.8) is 0 Å². The van der Waals surface area contributed by atoms with Crippen molar-refractivity contribution in [1.82, 2.24) is 13.7 Å². The van der Waals surface area contributed by atoms with E-state index in [9.17, 15) is 22.8 Å². The van der Waals surface area contributed by atoms with E-state index in [1.165, 1.54) is 34.1 Å². The minimum atomic E-state index is -3.83. The lowest BCUT2D eigenvalue weighted by molar-refractivity contribution is -0.123. The number of rotatable bonds is 7. The van der Waals surface area contributed by atoms with Crippen molar-refractivity contribution in [3.05, 3.63) is 75.7 Å². The summed E-state index contributed by atoms with van der Waals surface area (Å²) in [7, 11) is -2.13. The van der Waals surface area contributed by atoms with Gasteiger partial charge in [0, 0.05) is 20.1 Å². The van der Waals surface area contributed by atoms with Gasteiger partial charge in [0.2, 0.25) is 10.0 Å². The summed E-state index contributed by atoms with van der Waals surface area (Å²) in [6, 6.07) is 13.2. The maximum Gasteiger partial charge on any atom is 0.339 e. The van der Waals surface area contributed by atoms with E-state index >= 15 is 0 Å². The zero-order chi connectivity index (χ0) is 27.6. The van der Waals surface area contributed by atoms with Crippen molar-refractivity contribution in [2.45, 2.75) is 31.8 Å². The van der Waals surface area contributed by atoms with Crippen molar-refractivity contribution in [2.75, 3.05) is 31.6 Å². The van der Waals surface area contributed by atoms with Gasteiger partial charge in [-0.1, -0.05) is 24.3 Å². The second-order valence-electron chi connectivity index (χ2n) is 8.97. The Morgan fingerprint density at radius 1 is 1.05 bits per heavy atom. The van der Waals surface area contributed by atoms with E-state index in [0.29, 0.717) is 30.2 Å². The van der Waals surface area contributed by atoms with Gasteiger partial charge in [0.25, 0.3) is 11.5 Å². The molecule has 1 atom stereocenters. The molecule has 4 rings (SSSR count). The third kappa shape index (κ3) is 5.28. The average Bonchev–Trinajstić information content (AvgIpc) is 3.12. The van der Waals surface area contributed by atoms with Gasteiger partial charge in [-0.25, -0.2) is 17.9 Å². The third-order valence-corrected chi connectivity index (χ3v) is 8.39. The summed E-state index contributed by atoms with van der Waals surface area (Å²) in [5, 5.41) is 2.57. The van der Waals surface area contributed by atoms with Gasteiger partial charge in [0.15, 0.2) is 6.10 Å². The van der Waals surface area contributed by atoms with E-state index in [0.717, 1.165) is 0 Å². The molecule has 1 aliphatic heterocycles. The van der Waals surface area contributed by atoms with E-state index in [4.69, 9.17) is 9.47 Å². The number of hydrogen-bond donors (Lipinski definition) is 1. The molecule has 1 amide bonds. The number of para-hydroxylation sites is 1. The average molecular weight is 543 g/mol. The first-order valence-electron chi connectivity index (χ1n) is 12.1. The first-order chi connectivity index (χ1) is 18.0. The Kier molecular flexibility index (Phi) is 7.86. The van der Waals surface area contributed by atoms with E-state index in [1.54, 1.807) is 49.8 Å². The van der Waals surface area contributed by atoms with Gasteiger partial charge in [0.1, 0.15) is 5.69 Å². The van der Waals surface area contributed by atoms with E-state index in [2.05, 4.69) is 5.32 Å². The van der Waals surface area contributed by atoms with Crippen LogP contribution in [0.25, 0.3) is 5.69 Å². The fourth-order valence-corrected chi connectivity index (χ4v) is 5.57. The molecule has 1 aromatic heterocycles. The number of amides is 1. The molecular formula is C26H30N4O7S. The number of nitrogens with one attached hydrogen (secondary N) is 1. The van der Waals surface area contributed by atoms with E-state index in [-0.39, 0.29) is 29.2 Å². The molecule has 12 heteroatoms. The van der Waals surface area contributed by atoms with Crippen molar-refractivity contribution in [3.8, 4) is 5.69 Å². The SMILES string of the molecule is Cc1ccc(S(=O)(=O)N2CCOCC2)cc1C(=O)OC(C)C(=O)Nc1c(C)n(C)n(-c2ccccc2)c1=O. The summed E-state index contributed by atoms with van der Waals surface area (Å²) in [5.74, 6) is -1.55. The molecule has 0 spiro atoms. The Bertz CT molecular complexity index is 1520. The van der Waals surface area contributed by atoms with E-state index < -0.39 is 33.6 Å². The maximum absolute atomic E-state index is 13.1. The topological polar surface area (TPSA) is 129 Å². The highest BCUT2D eigenvalue weighted by molar-refractivity contribution is 7.89. The monoisotopic (exact) mass is 542 g/mol. The summed E-state index contributed by atoms with van der Waals surface area (Å²) >= 11 is 0. The van der Waals surface area contributed by atoms with Crippen LogP contribution in [0.3, 0.4) is 0 Å². The number of esters is 1. The summed E-state index contributed by atoms with van der Waals surface area (Å²) in [6.07, 6.45) is -1.26. The van der Waals surface area contributed by atoms with Gasteiger partial charge in [-0.2, -0.15) is 4.31 Å². The standard InChI is InChI=1S/C26H30N4O7S/c1-17-10-11-21(38(34,35)29-12-14-36-15-13-29)16-22(17)26(33)37-19(3)24(31)27-23-18(2)28(4)30(25(23)32)20-8-6-5-7-9-20/h5-11,16,19H,12-15H2,1-4H3,(H,27,31). The van der Waals surface area contributed by atoms with Crippen LogP contribution in [-0.4, -0.2) is 66.4 Å². The van der Waals surface area contributed by atoms with Crippen molar-refractivity contribution < 1.29 is 27.5 Å². The molecular weight excluding hydrogens is 512 g/mol. The van der Waals surface area contributed by atoms with Crippen LogP contribution in [0.15, 0.2) is 58.2 Å². The van der Waals surface area contributed by atoms with Crippen LogP contribution in [0, 0.1) is 13.8 Å². The minimum Gasteiger partial charge on any atom is -0.449 e. The Labute approximate surface area is 220 Å². The lowest BCUT2D eigenvalue weighted by Gasteiger charge is -2.26. The van der Waals surface area contributed by atoms with Gasteiger partial charge in [-0.15, -0.1) is 0 Å². The molecule has 202 valence electrons. The van der Waals surface area contributed by atoms with E-state index in [1.807, 2.05) is 6.07 Å². The number of ether oxygens (including phenoxy) is 2. The van der Waals surface area contributed by atoms with Crippen LogP contribution in [-0.2, 0) is 31.3 Å². The predicted octanol–water partition coefficient (Wildman–Crippen LogP) is 2.00. The largest absolute Gasteiger partial charge is 0.449 e. The Morgan fingerprint density at radius 2 is 1.71 bits per heavy atom. The molecule has 1 unspecified atom stereocenters. The number of carbonyl (C=O) groups excluding carboxylic acids is 2. The van der Waals surface area contributed by atoms with Crippen molar-refractivity contribution in [2.24, 2.45) is 7.05 Å². The molecule has 11 nitrogen and oxygen atoms in total. The third-order valence-electron chi connectivity index (χ3n) is 6.49. The first kappa shape index (κ1) is 27.3. The number of anilines is 1. The molecule has 2 aromatic carbocycles. The molecule has 38 heavy (non-hydrogen) atoms. The first-order valence-corrected chi connectivity index (χ1v) is 13.5. The number of hydrogen-bond acceptors (Lipinski definition) is 7. The molecule has 1 N–H and O–H groups in total. The van der Waals surface area contributed by atoms with Crippen LogP contribution >= 0.6 is 0 Å². The van der Waals surface area contributed by atoms with Crippen LogP contribution in [0.5, 0.6) is 0 Å². The number of nitrogens with zero attached hydrogens (tertiary/aromatic N) is 3. The molecule has 0 aliphatic carbocycles. The Balaban J connectivity index is 1.51. The van der Waals surface area contributed by atoms with Gasteiger partial charge in [-0.3, -0.25) is 14.3 Å². The molecule has 0 radical (unpaired) electrons. The normalized spacial score (nSPS) is 15.2. The molecule has 1 fully saturated rings. The number of aryl methyl sites for hydroxylation is 1. The second-order valence-corrected chi connectivity index (χ2v) is 10.9. The summed E-state index contributed by atoms with van der Waals surface area (Å²) in [4.78, 5) is 38.9. The molecule has 0 bridgehead atoms. The van der Waals surface area contributed by atoms with Gasteiger partial charge in [-0.05, 0) is 50.6 Å². The quantitative estimate of drug-likeness (QED) is 0.452. The lowest BCUT2D eigenvalue weighted by Crippen LogP contribution is -2.40. The fourth-order valence-electron chi connectivity index (χ4n) is 4.13. The number of aromatic nitrogens is 2. The molecule has 3 aromatic rings. The van der Waals surface area contributed by atoms with Gasteiger partial charge < -0.3 is 14.8 Å². The number of morpholine rings is 1. The molecule has 0 saturated carbocycles. The summed E-state index contributed by atoms with van der Waals surface area (Å²) in [5.41, 5.74) is 1.31. The van der Waals surface area contributed by atoms with Crippen molar-refractivity contribution >= 4 is 27.6 Å².